The van der Waals surface area contributed by atoms with Crippen molar-refractivity contribution in [3.05, 3.63) is 76.6 Å². The predicted octanol–water partition coefficient (Wildman–Crippen LogP) is 3.50. The van der Waals surface area contributed by atoms with E-state index < -0.39 is 0 Å². The zero-order valence-corrected chi connectivity index (χ0v) is 17.3. The summed E-state index contributed by atoms with van der Waals surface area (Å²) in [5.41, 5.74) is 4.02. The first-order valence-electron chi connectivity index (χ1n) is 10.7. The third-order valence-corrected chi connectivity index (χ3v) is 6.91. The van der Waals surface area contributed by atoms with Gasteiger partial charge in [-0.1, -0.05) is 12.1 Å². The molecule has 31 heavy (non-hydrogen) atoms. The summed E-state index contributed by atoms with van der Waals surface area (Å²) < 4.78 is 22.1. The van der Waals surface area contributed by atoms with Crippen molar-refractivity contribution in [3.63, 3.8) is 0 Å². The molecule has 3 aromatic rings. The zero-order chi connectivity index (χ0) is 21.2. The lowest BCUT2D eigenvalue weighted by Crippen LogP contribution is -2.49. The highest BCUT2D eigenvalue weighted by molar-refractivity contribution is 6.10. The van der Waals surface area contributed by atoms with E-state index in [1.165, 1.54) is 6.07 Å². The number of benzene rings is 2. The summed E-state index contributed by atoms with van der Waals surface area (Å²) in [4.78, 5) is 15.0. The minimum atomic E-state index is -0.183. The smallest absolute Gasteiger partial charge is 0.258 e. The Kier molecular flexibility index (Phi) is 4.05. The molecule has 0 spiro atoms. The highest BCUT2D eigenvalue weighted by Crippen LogP contribution is 2.46. The standard InChI is InChI=1S/C24H23FN4O2/c1-28-14-26-27-21(28)10-24(12-31-13-24)16-3-2-4-17(9-16)29-11-19-18(23(29)30)7-8-20(25)22(19)15-5-6-15/h2-4,7-9,14-15H,5-6,10-13H2,1H3. The second-order valence-electron chi connectivity index (χ2n) is 9.01. The number of carbonyl (C=O) groups excluding carboxylic acids is 1. The molecule has 1 aliphatic carbocycles. The van der Waals surface area contributed by atoms with E-state index in [1.54, 1.807) is 17.3 Å². The molecule has 2 fully saturated rings. The number of rotatable bonds is 5. The summed E-state index contributed by atoms with van der Waals surface area (Å²) in [5, 5.41) is 8.24. The third-order valence-electron chi connectivity index (χ3n) is 6.91. The van der Waals surface area contributed by atoms with E-state index in [1.807, 2.05) is 23.7 Å². The van der Waals surface area contributed by atoms with Gasteiger partial charge in [-0.3, -0.25) is 4.79 Å². The Bertz CT molecular complexity index is 1200. The molecule has 1 saturated heterocycles. The van der Waals surface area contributed by atoms with Crippen LogP contribution in [0.3, 0.4) is 0 Å². The highest BCUT2D eigenvalue weighted by Gasteiger charge is 2.42. The third kappa shape index (κ3) is 2.91. The molecule has 0 radical (unpaired) electrons. The van der Waals surface area contributed by atoms with Crippen molar-refractivity contribution in [1.82, 2.24) is 14.8 Å². The van der Waals surface area contributed by atoms with Gasteiger partial charge in [0.05, 0.1) is 19.8 Å². The second-order valence-corrected chi connectivity index (χ2v) is 9.01. The quantitative estimate of drug-likeness (QED) is 0.636. The second kappa shape index (κ2) is 6.72. The van der Waals surface area contributed by atoms with Gasteiger partial charge < -0.3 is 14.2 Å². The molecule has 2 aliphatic heterocycles. The molecule has 1 saturated carbocycles. The fourth-order valence-corrected chi connectivity index (χ4v) is 4.90. The largest absolute Gasteiger partial charge is 0.379 e. The average Bonchev–Trinajstić information content (AvgIpc) is 3.41. The molecular formula is C24H23FN4O2. The van der Waals surface area contributed by atoms with Crippen molar-refractivity contribution in [1.29, 1.82) is 0 Å². The van der Waals surface area contributed by atoms with Gasteiger partial charge in [-0.05, 0) is 59.7 Å². The van der Waals surface area contributed by atoms with Crippen LogP contribution in [0, 0.1) is 5.82 Å². The minimum Gasteiger partial charge on any atom is -0.379 e. The maximum atomic E-state index is 14.5. The number of nitrogens with zero attached hydrogens (tertiary/aromatic N) is 4. The summed E-state index contributed by atoms with van der Waals surface area (Å²) in [6.45, 7) is 1.64. The lowest BCUT2D eigenvalue weighted by molar-refractivity contribution is -0.0611. The maximum absolute atomic E-state index is 14.5. The molecule has 0 bridgehead atoms. The SMILES string of the molecule is Cn1cnnc1CC1(c2cccc(N3Cc4c(ccc(F)c4C4CC4)C3=O)c2)COC1. The van der Waals surface area contributed by atoms with E-state index in [-0.39, 0.29) is 23.1 Å². The Balaban J connectivity index is 1.34. The minimum absolute atomic E-state index is 0.0544. The van der Waals surface area contributed by atoms with Gasteiger partial charge >= 0.3 is 0 Å². The number of halogens is 1. The van der Waals surface area contributed by atoms with E-state index in [2.05, 4.69) is 22.3 Å². The first-order chi connectivity index (χ1) is 15.1. The molecule has 0 atom stereocenters. The first kappa shape index (κ1) is 18.7. The number of fused-ring (bicyclic) bond motifs is 1. The average molecular weight is 418 g/mol. The number of hydrogen-bond acceptors (Lipinski definition) is 4. The maximum Gasteiger partial charge on any atom is 0.258 e. The van der Waals surface area contributed by atoms with Crippen LogP contribution in [-0.4, -0.2) is 33.9 Å². The number of carbonyl (C=O) groups is 1. The molecule has 7 heteroatoms. The number of amides is 1. The Morgan fingerprint density at radius 3 is 2.74 bits per heavy atom. The molecule has 6 nitrogen and oxygen atoms in total. The van der Waals surface area contributed by atoms with Crippen LogP contribution in [0.5, 0.6) is 0 Å². The Hall–Kier alpha value is -3.06. The molecule has 0 unspecified atom stereocenters. The Morgan fingerprint density at radius 2 is 2.06 bits per heavy atom. The molecular weight excluding hydrogens is 395 g/mol. The van der Waals surface area contributed by atoms with Gasteiger partial charge in [-0.15, -0.1) is 10.2 Å². The number of aromatic nitrogens is 3. The van der Waals surface area contributed by atoms with Gasteiger partial charge in [-0.2, -0.15) is 0 Å². The van der Waals surface area contributed by atoms with Crippen molar-refractivity contribution >= 4 is 11.6 Å². The summed E-state index contributed by atoms with van der Waals surface area (Å²) in [7, 11) is 1.94. The van der Waals surface area contributed by atoms with E-state index in [9.17, 15) is 9.18 Å². The molecule has 3 aliphatic rings. The summed E-state index contributed by atoms with van der Waals surface area (Å²) in [5.74, 6) is 0.930. The van der Waals surface area contributed by atoms with E-state index in [4.69, 9.17) is 4.74 Å². The lowest BCUT2D eigenvalue weighted by Gasteiger charge is -2.42. The van der Waals surface area contributed by atoms with Crippen LogP contribution in [0.4, 0.5) is 10.1 Å². The van der Waals surface area contributed by atoms with Crippen LogP contribution in [0.2, 0.25) is 0 Å². The van der Waals surface area contributed by atoms with Gasteiger partial charge in [0.15, 0.2) is 0 Å². The molecule has 0 N–H and O–H groups in total. The predicted molar refractivity (Wildman–Crippen MR) is 113 cm³/mol. The van der Waals surface area contributed by atoms with Crippen LogP contribution >= 0.6 is 0 Å². The molecule has 1 aromatic heterocycles. The molecule has 2 aromatic carbocycles. The molecule has 3 heterocycles. The van der Waals surface area contributed by atoms with Crippen molar-refractivity contribution in [2.75, 3.05) is 18.1 Å². The van der Waals surface area contributed by atoms with Crippen LogP contribution in [-0.2, 0) is 30.2 Å². The fraction of sp³-hybridized carbons (Fsp3) is 0.375. The van der Waals surface area contributed by atoms with Crippen molar-refractivity contribution in [3.8, 4) is 0 Å². The topological polar surface area (TPSA) is 60.2 Å². The van der Waals surface area contributed by atoms with E-state index in [0.29, 0.717) is 25.3 Å². The van der Waals surface area contributed by atoms with Crippen LogP contribution in [0.15, 0.2) is 42.7 Å². The van der Waals surface area contributed by atoms with Crippen LogP contribution in [0.25, 0.3) is 0 Å². The molecule has 6 rings (SSSR count). The van der Waals surface area contributed by atoms with Crippen molar-refractivity contribution < 1.29 is 13.9 Å². The lowest BCUT2D eigenvalue weighted by atomic mass is 9.75. The van der Waals surface area contributed by atoms with Gasteiger partial charge in [-0.25, -0.2) is 4.39 Å². The number of ether oxygens (including phenoxy) is 1. The monoisotopic (exact) mass is 418 g/mol. The molecule has 1 amide bonds. The van der Waals surface area contributed by atoms with Gasteiger partial charge in [0.1, 0.15) is 18.0 Å². The van der Waals surface area contributed by atoms with Crippen LogP contribution in [0.1, 0.15) is 51.6 Å². The zero-order valence-electron chi connectivity index (χ0n) is 17.3. The highest BCUT2D eigenvalue weighted by atomic mass is 19.1. The first-order valence-corrected chi connectivity index (χ1v) is 10.7. The van der Waals surface area contributed by atoms with E-state index >= 15 is 0 Å². The Labute approximate surface area is 179 Å². The number of hydrogen-bond donors (Lipinski definition) is 0. The van der Waals surface area contributed by atoms with Crippen molar-refractivity contribution in [2.24, 2.45) is 7.05 Å². The normalized spacial score (nSPS) is 19.4. The van der Waals surface area contributed by atoms with Gasteiger partial charge in [0.2, 0.25) is 0 Å². The fourth-order valence-electron chi connectivity index (χ4n) is 4.90. The van der Waals surface area contributed by atoms with Crippen LogP contribution < -0.4 is 4.90 Å². The summed E-state index contributed by atoms with van der Waals surface area (Å²) in [6.07, 6.45) is 4.43. The molecule has 158 valence electrons. The number of anilines is 1. The number of aryl methyl sites for hydroxylation is 1. The van der Waals surface area contributed by atoms with Gasteiger partial charge in [0.25, 0.3) is 5.91 Å². The summed E-state index contributed by atoms with van der Waals surface area (Å²) in [6, 6.07) is 11.2. The summed E-state index contributed by atoms with van der Waals surface area (Å²) >= 11 is 0. The Morgan fingerprint density at radius 1 is 1.23 bits per heavy atom. The van der Waals surface area contributed by atoms with Gasteiger partial charge in [0, 0.05) is 30.1 Å². The van der Waals surface area contributed by atoms with E-state index in [0.717, 1.165) is 47.5 Å². The van der Waals surface area contributed by atoms with Crippen molar-refractivity contribution in [2.45, 2.75) is 37.1 Å².